The third-order valence-corrected chi connectivity index (χ3v) is 7.99. The number of rotatable bonds is 10. The van der Waals surface area contributed by atoms with Crippen LogP contribution < -0.4 is 10.5 Å². The van der Waals surface area contributed by atoms with Gasteiger partial charge in [-0.2, -0.15) is 0 Å². The Kier molecular flexibility index (Phi) is 9.31. The number of carbonyl (C=O) groups is 5. The number of carboxylic acid groups (broad SMARTS) is 2. The molecule has 4 rings (SSSR count). The molecule has 1 atom stereocenters. The van der Waals surface area contributed by atoms with E-state index >= 15 is 0 Å². The average Bonchev–Trinajstić information content (AvgIpc) is 2.89. The van der Waals surface area contributed by atoms with Gasteiger partial charge in [-0.05, 0) is 44.7 Å². The number of carboxylic acids is 2. The van der Waals surface area contributed by atoms with Crippen molar-refractivity contribution >= 4 is 64.0 Å². The number of ether oxygens (including phenoxy) is 2. The third-order valence-electron chi connectivity index (χ3n) is 7.47. The molecule has 1 unspecified atom stereocenters. The van der Waals surface area contributed by atoms with Gasteiger partial charge in [0.15, 0.2) is 0 Å². The number of hydrogen-bond donors (Lipinski definition) is 3. The van der Waals surface area contributed by atoms with Gasteiger partial charge in [-0.3, -0.25) is 19.4 Å². The summed E-state index contributed by atoms with van der Waals surface area (Å²) in [5.74, 6) is -5.61. The van der Waals surface area contributed by atoms with E-state index < -0.39 is 47.8 Å². The van der Waals surface area contributed by atoms with Gasteiger partial charge in [0, 0.05) is 37.6 Å². The number of nitrogens with two attached hydrogens (primary N) is 1. The number of halogens is 2. The second-order valence-electron chi connectivity index (χ2n) is 10.1. The summed E-state index contributed by atoms with van der Waals surface area (Å²) in [6.07, 6.45) is -0.372. The molecule has 226 valence electrons. The number of carbonyl (C=O) groups excluding carboxylic acids is 3. The first kappa shape index (κ1) is 31.1. The fourth-order valence-electron chi connectivity index (χ4n) is 5.13. The standard InChI is InChI=1S/C27H30Cl2N4O9/c1-2-41-26(40)33-10-8-32(9-11-33)24(37)15(4-5-18(34)35)21-20(23(30)36)22(42-27(25(38)39)6-3-7-27)19-16(29)12-14(28)13-17(19)31-21/h12-13,15H,2-11H2,1H3,(H2,30,36)(H,34,35)(H,38,39). The fourth-order valence-corrected chi connectivity index (χ4v) is 5.70. The monoisotopic (exact) mass is 624 g/mol. The van der Waals surface area contributed by atoms with Crippen LogP contribution in [0.5, 0.6) is 5.75 Å². The van der Waals surface area contributed by atoms with E-state index in [0.29, 0.717) is 6.42 Å². The van der Waals surface area contributed by atoms with Crippen molar-refractivity contribution in [3.8, 4) is 5.75 Å². The first-order valence-corrected chi connectivity index (χ1v) is 14.1. The van der Waals surface area contributed by atoms with Crippen molar-refractivity contribution in [2.45, 2.75) is 50.5 Å². The zero-order chi connectivity index (χ0) is 30.8. The molecule has 1 aliphatic carbocycles. The summed E-state index contributed by atoms with van der Waals surface area (Å²) in [7, 11) is 0. The van der Waals surface area contributed by atoms with Crippen LogP contribution in [0.2, 0.25) is 10.0 Å². The largest absolute Gasteiger partial charge is 0.481 e. The predicted octanol–water partition coefficient (Wildman–Crippen LogP) is 3.28. The molecule has 3 amide bonds. The SMILES string of the molecule is CCOC(=O)N1CCN(C(=O)C(CCC(=O)O)c2nc3cc(Cl)cc(Cl)c3c(OC3(C(=O)O)CCC3)c2C(N)=O)CC1. The number of piperazine rings is 1. The van der Waals surface area contributed by atoms with Crippen molar-refractivity contribution < 1.29 is 43.7 Å². The van der Waals surface area contributed by atoms with Crippen molar-refractivity contribution in [2.24, 2.45) is 5.73 Å². The van der Waals surface area contributed by atoms with Crippen molar-refractivity contribution in [3.63, 3.8) is 0 Å². The van der Waals surface area contributed by atoms with Crippen molar-refractivity contribution in [3.05, 3.63) is 33.4 Å². The lowest BCUT2D eigenvalue weighted by Crippen LogP contribution is -2.52. The molecule has 42 heavy (non-hydrogen) atoms. The summed E-state index contributed by atoms with van der Waals surface area (Å²) in [4.78, 5) is 70.3. The minimum absolute atomic E-state index is 0.0115. The second kappa shape index (κ2) is 12.6. The number of hydrogen-bond acceptors (Lipinski definition) is 8. The van der Waals surface area contributed by atoms with E-state index in [2.05, 4.69) is 4.98 Å². The molecule has 1 aliphatic heterocycles. The molecule has 15 heteroatoms. The smallest absolute Gasteiger partial charge is 0.409 e. The Morgan fingerprint density at radius 3 is 2.24 bits per heavy atom. The summed E-state index contributed by atoms with van der Waals surface area (Å²) in [5, 5.41) is 19.7. The van der Waals surface area contributed by atoms with E-state index in [1.54, 1.807) is 6.92 Å². The van der Waals surface area contributed by atoms with Gasteiger partial charge >= 0.3 is 18.0 Å². The van der Waals surface area contributed by atoms with E-state index in [1.807, 2.05) is 0 Å². The topological polar surface area (TPSA) is 190 Å². The Bertz CT molecular complexity index is 1440. The van der Waals surface area contributed by atoms with E-state index in [-0.39, 0.29) is 90.0 Å². The maximum Gasteiger partial charge on any atom is 0.409 e. The molecular formula is C27H30Cl2N4O9. The number of aromatic nitrogens is 1. The lowest BCUT2D eigenvalue weighted by Gasteiger charge is -2.39. The Morgan fingerprint density at radius 1 is 1.07 bits per heavy atom. The summed E-state index contributed by atoms with van der Waals surface area (Å²) in [6, 6.07) is 2.78. The quantitative estimate of drug-likeness (QED) is 0.353. The molecule has 0 spiro atoms. The highest BCUT2D eigenvalue weighted by molar-refractivity contribution is 6.39. The highest BCUT2D eigenvalue weighted by Crippen LogP contribution is 2.45. The van der Waals surface area contributed by atoms with Crippen molar-refractivity contribution in [2.75, 3.05) is 32.8 Å². The van der Waals surface area contributed by atoms with E-state index in [1.165, 1.54) is 21.9 Å². The molecule has 0 radical (unpaired) electrons. The molecule has 0 bridgehead atoms. The van der Waals surface area contributed by atoms with Crippen molar-refractivity contribution in [1.82, 2.24) is 14.8 Å². The van der Waals surface area contributed by atoms with Crippen LogP contribution >= 0.6 is 23.2 Å². The molecule has 4 N–H and O–H groups in total. The van der Waals surface area contributed by atoms with Crippen LogP contribution in [0.3, 0.4) is 0 Å². The van der Waals surface area contributed by atoms with Crippen LogP contribution in [0.1, 0.15) is 61.0 Å². The highest BCUT2D eigenvalue weighted by atomic mass is 35.5. The first-order chi connectivity index (χ1) is 19.9. The van der Waals surface area contributed by atoms with Gasteiger partial charge in [0.1, 0.15) is 11.3 Å². The summed E-state index contributed by atoms with van der Waals surface area (Å²) >= 11 is 12.7. The maximum atomic E-state index is 13.9. The molecule has 1 saturated heterocycles. The fraction of sp³-hybridized carbons (Fsp3) is 0.481. The normalized spacial score (nSPS) is 16.8. The van der Waals surface area contributed by atoms with Crippen LogP contribution in [0, 0.1) is 0 Å². The van der Waals surface area contributed by atoms with Gasteiger partial charge in [-0.1, -0.05) is 23.2 Å². The predicted molar refractivity (Wildman–Crippen MR) is 150 cm³/mol. The van der Waals surface area contributed by atoms with Gasteiger partial charge in [0.2, 0.25) is 11.5 Å². The summed E-state index contributed by atoms with van der Waals surface area (Å²) < 4.78 is 11.1. The summed E-state index contributed by atoms with van der Waals surface area (Å²) in [6.45, 7) is 2.45. The highest BCUT2D eigenvalue weighted by Gasteiger charge is 2.48. The third kappa shape index (κ3) is 6.16. The van der Waals surface area contributed by atoms with Crippen LogP contribution in [-0.2, 0) is 19.1 Å². The van der Waals surface area contributed by atoms with E-state index in [0.717, 1.165) is 0 Å². The number of nitrogens with zero attached hydrogens (tertiary/aromatic N) is 3. The lowest BCUT2D eigenvalue weighted by molar-refractivity contribution is -0.163. The Labute approximate surface area is 250 Å². The Hall–Kier alpha value is -3.84. The van der Waals surface area contributed by atoms with Gasteiger partial charge in [-0.25, -0.2) is 9.59 Å². The summed E-state index contributed by atoms with van der Waals surface area (Å²) in [5.41, 5.74) is 3.71. The molecule has 2 fully saturated rings. The zero-order valence-corrected chi connectivity index (χ0v) is 24.2. The molecule has 1 saturated carbocycles. The number of benzene rings is 1. The molecular weight excluding hydrogens is 595 g/mol. The van der Waals surface area contributed by atoms with Crippen LogP contribution in [0.4, 0.5) is 4.79 Å². The van der Waals surface area contributed by atoms with Gasteiger partial charge in [0.25, 0.3) is 5.91 Å². The number of pyridine rings is 1. The number of aliphatic carboxylic acids is 2. The molecule has 2 aromatic rings. The maximum absolute atomic E-state index is 13.9. The Morgan fingerprint density at radius 2 is 1.71 bits per heavy atom. The molecule has 2 aliphatic rings. The van der Waals surface area contributed by atoms with E-state index in [9.17, 15) is 34.2 Å². The number of primary amides is 1. The zero-order valence-electron chi connectivity index (χ0n) is 22.7. The van der Waals surface area contributed by atoms with Crippen molar-refractivity contribution in [1.29, 1.82) is 0 Å². The second-order valence-corrected chi connectivity index (χ2v) is 10.9. The Balaban J connectivity index is 1.85. The first-order valence-electron chi connectivity index (χ1n) is 13.4. The molecule has 1 aromatic heterocycles. The average molecular weight is 625 g/mol. The number of amides is 3. The lowest BCUT2D eigenvalue weighted by atomic mass is 9.80. The van der Waals surface area contributed by atoms with Crippen LogP contribution in [0.15, 0.2) is 12.1 Å². The van der Waals surface area contributed by atoms with Gasteiger partial charge in [-0.15, -0.1) is 0 Å². The number of fused-ring (bicyclic) bond motifs is 1. The molecule has 2 heterocycles. The van der Waals surface area contributed by atoms with Crippen LogP contribution in [0.25, 0.3) is 10.9 Å². The van der Waals surface area contributed by atoms with Crippen LogP contribution in [-0.4, -0.2) is 93.2 Å². The minimum atomic E-state index is -1.66. The van der Waals surface area contributed by atoms with Gasteiger partial charge < -0.3 is 35.2 Å². The molecule has 1 aromatic carbocycles. The van der Waals surface area contributed by atoms with E-state index in [4.69, 9.17) is 38.4 Å². The van der Waals surface area contributed by atoms with Gasteiger partial charge in [0.05, 0.1) is 34.1 Å². The minimum Gasteiger partial charge on any atom is -0.481 e. The molecule has 13 nitrogen and oxygen atoms in total.